The summed E-state index contributed by atoms with van der Waals surface area (Å²) >= 11 is 1.81. The Morgan fingerprint density at radius 3 is 2.53 bits per heavy atom. The summed E-state index contributed by atoms with van der Waals surface area (Å²) in [6.45, 7) is 5.98. The maximum atomic E-state index is 3.39. The maximum absolute atomic E-state index is 3.39. The van der Waals surface area contributed by atoms with Crippen molar-refractivity contribution >= 4 is 11.8 Å². The third-order valence-corrected chi connectivity index (χ3v) is 4.05. The van der Waals surface area contributed by atoms with E-state index in [9.17, 15) is 0 Å². The SMILES string of the molecule is CSc1ccc(CCCN2CCNCC2)cc1. The van der Waals surface area contributed by atoms with E-state index in [1.54, 1.807) is 0 Å². The summed E-state index contributed by atoms with van der Waals surface area (Å²) in [5.74, 6) is 0. The standard InChI is InChI=1S/C14H22N2S/c1-17-14-6-4-13(5-7-14)3-2-10-16-11-8-15-9-12-16/h4-7,15H,2-3,8-12H2,1H3. The number of aryl methyl sites for hydroxylation is 1. The van der Waals surface area contributed by atoms with Gasteiger partial charge in [-0.05, 0) is 43.3 Å². The molecule has 1 aliphatic rings. The van der Waals surface area contributed by atoms with Crippen molar-refractivity contribution in [1.82, 2.24) is 10.2 Å². The smallest absolute Gasteiger partial charge is 0.0107 e. The van der Waals surface area contributed by atoms with E-state index in [4.69, 9.17) is 0 Å². The van der Waals surface area contributed by atoms with Gasteiger partial charge in [0.15, 0.2) is 0 Å². The highest BCUT2D eigenvalue weighted by Gasteiger charge is 2.08. The number of piperazine rings is 1. The van der Waals surface area contributed by atoms with Crippen molar-refractivity contribution in [2.75, 3.05) is 39.0 Å². The molecule has 0 aromatic heterocycles. The van der Waals surface area contributed by atoms with E-state index in [0.29, 0.717) is 0 Å². The largest absolute Gasteiger partial charge is 0.314 e. The summed E-state index contributed by atoms with van der Waals surface area (Å²) < 4.78 is 0. The van der Waals surface area contributed by atoms with Gasteiger partial charge in [-0.3, -0.25) is 0 Å². The lowest BCUT2D eigenvalue weighted by Gasteiger charge is -2.27. The van der Waals surface area contributed by atoms with E-state index >= 15 is 0 Å². The molecule has 1 saturated heterocycles. The second kappa shape index (κ2) is 7.04. The van der Waals surface area contributed by atoms with Crippen LogP contribution in [0.1, 0.15) is 12.0 Å². The van der Waals surface area contributed by atoms with E-state index in [1.807, 2.05) is 11.8 Å². The Labute approximate surface area is 109 Å². The molecule has 3 heteroatoms. The zero-order valence-electron chi connectivity index (χ0n) is 10.6. The molecular formula is C14H22N2S. The molecule has 2 nitrogen and oxygen atoms in total. The zero-order chi connectivity index (χ0) is 11.9. The first-order chi connectivity index (χ1) is 8.38. The highest BCUT2D eigenvalue weighted by molar-refractivity contribution is 7.98. The quantitative estimate of drug-likeness (QED) is 0.807. The Morgan fingerprint density at radius 1 is 1.18 bits per heavy atom. The van der Waals surface area contributed by atoms with Crippen LogP contribution in [-0.4, -0.2) is 43.9 Å². The molecule has 1 aromatic rings. The summed E-state index contributed by atoms with van der Waals surface area (Å²) in [5.41, 5.74) is 1.47. The van der Waals surface area contributed by atoms with Gasteiger partial charge >= 0.3 is 0 Å². The molecule has 94 valence electrons. The van der Waals surface area contributed by atoms with E-state index < -0.39 is 0 Å². The first kappa shape index (κ1) is 12.9. The minimum absolute atomic E-state index is 1.16. The van der Waals surface area contributed by atoms with Crippen LogP contribution >= 0.6 is 11.8 Å². The van der Waals surface area contributed by atoms with Gasteiger partial charge in [-0.2, -0.15) is 0 Å². The molecule has 17 heavy (non-hydrogen) atoms. The molecule has 1 N–H and O–H groups in total. The molecule has 0 unspecified atom stereocenters. The Morgan fingerprint density at radius 2 is 1.88 bits per heavy atom. The lowest BCUT2D eigenvalue weighted by Crippen LogP contribution is -2.43. The van der Waals surface area contributed by atoms with E-state index in [-0.39, 0.29) is 0 Å². The zero-order valence-corrected chi connectivity index (χ0v) is 11.4. The lowest BCUT2D eigenvalue weighted by atomic mass is 10.1. The summed E-state index contributed by atoms with van der Waals surface area (Å²) in [6, 6.07) is 8.99. The number of nitrogens with one attached hydrogen (secondary N) is 1. The van der Waals surface area contributed by atoms with Gasteiger partial charge in [0.2, 0.25) is 0 Å². The van der Waals surface area contributed by atoms with Crippen molar-refractivity contribution in [2.45, 2.75) is 17.7 Å². The first-order valence-corrected chi connectivity index (χ1v) is 7.67. The van der Waals surface area contributed by atoms with Crippen molar-refractivity contribution in [3.05, 3.63) is 29.8 Å². The number of hydrogen-bond acceptors (Lipinski definition) is 3. The van der Waals surface area contributed by atoms with E-state index in [2.05, 4.69) is 40.7 Å². The van der Waals surface area contributed by atoms with Gasteiger partial charge in [-0.25, -0.2) is 0 Å². The minimum Gasteiger partial charge on any atom is -0.314 e. The highest BCUT2D eigenvalue weighted by Crippen LogP contribution is 2.15. The summed E-state index contributed by atoms with van der Waals surface area (Å²) in [7, 11) is 0. The number of nitrogens with zero attached hydrogens (tertiary/aromatic N) is 1. The fraction of sp³-hybridized carbons (Fsp3) is 0.571. The van der Waals surface area contributed by atoms with Gasteiger partial charge in [-0.1, -0.05) is 12.1 Å². The molecule has 1 heterocycles. The van der Waals surface area contributed by atoms with Crippen molar-refractivity contribution in [3.8, 4) is 0 Å². The van der Waals surface area contributed by atoms with Crippen LogP contribution in [0.3, 0.4) is 0 Å². The van der Waals surface area contributed by atoms with Crippen molar-refractivity contribution in [1.29, 1.82) is 0 Å². The minimum atomic E-state index is 1.16. The van der Waals surface area contributed by atoms with Crippen LogP contribution in [-0.2, 0) is 6.42 Å². The van der Waals surface area contributed by atoms with Crippen LogP contribution in [0.25, 0.3) is 0 Å². The predicted molar refractivity (Wildman–Crippen MR) is 75.9 cm³/mol. The Kier molecular flexibility index (Phi) is 5.36. The number of thioether (sulfide) groups is 1. The first-order valence-electron chi connectivity index (χ1n) is 6.44. The number of hydrogen-bond donors (Lipinski definition) is 1. The molecule has 0 aliphatic carbocycles. The predicted octanol–water partition coefficient (Wildman–Crippen LogP) is 2.25. The van der Waals surface area contributed by atoms with Gasteiger partial charge in [0.05, 0.1) is 0 Å². The van der Waals surface area contributed by atoms with Crippen LogP contribution in [0.2, 0.25) is 0 Å². The maximum Gasteiger partial charge on any atom is 0.0107 e. The highest BCUT2D eigenvalue weighted by atomic mass is 32.2. The molecule has 2 rings (SSSR count). The van der Waals surface area contributed by atoms with Crippen LogP contribution in [0.5, 0.6) is 0 Å². The number of benzene rings is 1. The monoisotopic (exact) mass is 250 g/mol. The normalized spacial score (nSPS) is 17.2. The average molecular weight is 250 g/mol. The molecule has 0 atom stereocenters. The van der Waals surface area contributed by atoms with E-state index in [0.717, 1.165) is 13.1 Å². The molecule has 0 spiro atoms. The molecule has 0 radical (unpaired) electrons. The van der Waals surface area contributed by atoms with Crippen molar-refractivity contribution in [3.63, 3.8) is 0 Å². The summed E-state index contributed by atoms with van der Waals surface area (Å²) in [6.07, 6.45) is 4.61. The number of rotatable bonds is 5. The average Bonchev–Trinajstić information content (AvgIpc) is 2.41. The van der Waals surface area contributed by atoms with Crippen LogP contribution in [0.15, 0.2) is 29.2 Å². The molecule has 0 amide bonds. The fourth-order valence-corrected chi connectivity index (χ4v) is 2.64. The molecule has 0 saturated carbocycles. The molecule has 1 fully saturated rings. The Bertz CT molecular complexity index is 317. The Hall–Kier alpha value is -0.510. The molecule has 1 aromatic carbocycles. The van der Waals surface area contributed by atoms with E-state index in [1.165, 1.54) is 42.9 Å². The lowest BCUT2D eigenvalue weighted by molar-refractivity contribution is 0.238. The third-order valence-electron chi connectivity index (χ3n) is 3.31. The van der Waals surface area contributed by atoms with Crippen molar-refractivity contribution in [2.24, 2.45) is 0 Å². The topological polar surface area (TPSA) is 15.3 Å². The van der Waals surface area contributed by atoms with Crippen LogP contribution in [0, 0.1) is 0 Å². The fourth-order valence-electron chi connectivity index (χ4n) is 2.23. The van der Waals surface area contributed by atoms with Crippen LogP contribution < -0.4 is 5.32 Å². The van der Waals surface area contributed by atoms with Crippen LogP contribution in [0.4, 0.5) is 0 Å². The molecular weight excluding hydrogens is 228 g/mol. The molecule has 1 aliphatic heterocycles. The van der Waals surface area contributed by atoms with Gasteiger partial charge in [0.25, 0.3) is 0 Å². The van der Waals surface area contributed by atoms with Gasteiger partial charge in [-0.15, -0.1) is 11.8 Å². The summed E-state index contributed by atoms with van der Waals surface area (Å²) in [4.78, 5) is 3.92. The Balaban J connectivity index is 1.69. The second-order valence-corrected chi connectivity index (χ2v) is 5.42. The molecule has 0 bridgehead atoms. The second-order valence-electron chi connectivity index (χ2n) is 4.54. The van der Waals surface area contributed by atoms with Gasteiger partial charge < -0.3 is 10.2 Å². The van der Waals surface area contributed by atoms with Gasteiger partial charge in [0, 0.05) is 31.1 Å². The van der Waals surface area contributed by atoms with Gasteiger partial charge in [0.1, 0.15) is 0 Å². The summed E-state index contributed by atoms with van der Waals surface area (Å²) in [5, 5.41) is 3.39. The van der Waals surface area contributed by atoms with Crippen molar-refractivity contribution < 1.29 is 0 Å². The third kappa shape index (κ3) is 4.34.